The molecular weight excluding hydrogens is 826 g/mol. The van der Waals surface area contributed by atoms with E-state index in [4.69, 9.17) is 44.8 Å². The fraction of sp³-hybridized carbons (Fsp3) is 0.756. The Balaban J connectivity index is 1.62. The lowest BCUT2D eigenvalue weighted by atomic mass is 9.73. The third-order valence-corrected chi connectivity index (χ3v) is 13.6. The number of methoxy groups -OCH3 is 1. The molecule has 3 amide bonds. The maximum atomic E-state index is 14.9. The highest BCUT2D eigenvalue weighted by Gasteiger charge is 2.60. The standard InChI is InChI=1S/C45H68ClN3O13/c1-13-33-45(11)37(48(41(53)62-45)19-18-30-14-16-31(46)17-15-30)27(7)34(50)24(4)21-44(10,56-12)38(61-40-35(51)32(47-23(2)3)20-26(6)58-40)28(8)36(29(9)39(52)59-33)60-43(55)49-25(5)22-57-42(49)54/h14-17,23-29,32-33,35-38,40,47,51H,13,18-22H2,1-12H3/t24-,25+,26-,27-,28+,29-,32+,33+,35-,36+,37-,38-,40+,44+,45-/m1/s1. The van der Waals surface area contributed by atoms with Gasteiger partial charge >= 0.3 is 24.2 Å². The summed E-state index contributed by atoms with van der Waals surface area (Å²) in [5, 5.41) is 15.7. The number of rotatable bonds is 10. The summed E-state index contributed by atoms with van der Waals surface area (Å²) >= 11 is 6.14. The van der Waals surface area contributed by atoms with Crippen molar-refractivity contribution in [2.45, 2.75) is 174 Å². The van der Waals surface area contributed by atoms with Gasteiger partial charge in [-0.05, 0) is 78.0 Å². The van der Waals surface area contributed by atoms with Crippen LogP contribution in [-0.4, -0.2) is 137 Å². The summed E-state index contributed by atoms with van der Waals surface area (Å²) in [6.45, 7) is 19.6. The molecule has 0 spiro atoms. The predicted octanol–water partition coefficient (Wildman–Crippen LogP) is 6.30. The van der Waals surface area contributed by atoms with Gasteiger partial charge in [0.1, 0.15) is 30.7 Å². The quantitative estimate of drug-likeness (QED) is 0.197. The SMILES string of the molecule is CC[C@@H]1OC(=O)[C@H](C)[C@@H](OC(=O)N2C(=O)OC[C@@H]2C)[C@H](C)[C@@H](O[C@@H]2O[C@H](C)C[C@H](NC(C)C)[C@H]2O)[C@@](C)(OC)C[C@@H](C)C(=O)[C@@H](C)[C@H]2N(CCc3ccc(Cl)cc3)C(=O)O[C@]12C. The van der Waals surface area contributed by atoms with Crippen molar-refractivity contribution >= 4 is 41.6 Å². The second-order valence-electron chi connectivity index (χ2n) is 18.5. The molecular formula is C45H68ClN3O13. The Kier molecular flexibility index (Phi) is 16.0. The highest BCUT2D eigenvalue weighted by Crippen LogP contribution is 2.44. The number of esters is 1. The van der Waals surface area contributed by atoms with E-state index in [1.54, 1.807) is 72.4 Å². The van der Waals surface area contributed by atoms with Crippen molar-refractivity contribution < 1.29 is 62.2 Å². The number of Topliss-reactive ketones (excluding diaryl/α,β-unsaturated/α-hetero) is 1. The summed E-state index contributed by atoms with van der Waals surface area (Å²) < 4.78 is 43.2. The number of imide groups is 1. The van der Waals surface area contributed by atoms with Gasteiger partial charge in [-0.15, -0.1) is 0 Å². The molecule has 1 aromatic rings. The Bertz CT molecular complexity index is 1770. The summed E-state index contributed by atoms with van der Waals surface area (Å²) in [6, 6.07) is 5.36. The van der Waals surface area contributed by atoms with Crippen LogP contribution in [0.2, 0.25) is 5.02 Å². The Morgan fingerprint density at radius 3 is 2.26 bits per heavy atom. The van der Waals surface area contributed by atoms with E-state index < -0.39 is 108 Å². The lowest BCUT2D eigenvalue weighted by molar-refractivity contribution is -0.297. The van der Waals surface area contributed by atoms with E-state index in [0.717, 1.165) is 10.5 Å². The van der Waals surface area contributed by atoms with Gasteiger partial charge in [-0.2, -0.15) is 0 Å². The van der Waals surface area contributed by atoms with Crippen LogP contribution >= 0.6 is 11.6 Å². The van der Waals surface area contributed by atoms with Gasteiger partial charge in [0.2, 0.25) is 0 Å². The number of nitrogens with zero attached hydrogens (tertiary/aromatic N) is 2. The number of cyclic esters (lactones) is 2. The van der Waals surface area contributed by atoms with Gasteiger partial charge in [0.15, 0.2) is 11.9 Å². The number of carbonyl (C=O) groups is 5. The number of aliphatic hydroxyl groups excluding tert-OH is 1. The molecule has 2 N–H and O–H groups in total. The predicted molar refractivity (Wildman–Crippen MR) is 227 cm³/mol. The van der Waals surface area contributed by atoms with E-state index in [2.05, 4.69) is 5.32 Å². The first kappa shape index (κ1) is 49.5. The molecule has 15 atom stereocenters. The van der Waals surface area contributed by atoms with E-state index in [-0.39, 0.29) is 43.9 Å². The van der Waals surface area contributed by atoms with Crippen molar-refractivity contribution in [2.24, 2.45) is 23.7 Å². The van der Waals surface area contributed by atoms with Crippen LogP contribution in [0.4, 0.5) is 14.4 Å². The van der Waals surface area contributed by atoms with E-state index in [0.29, 0.717) is 17.9 Å². The van der Waals surface area contributed by atoms with Crippen LogP contribution in [-0.2, 0) is 49.2 Å². The van der Waals surface area contributed by atoms with Crippen LogP contribution in [0.5, 0.6) is 0 Å². The molecule has 4 saturated heterocycles. The number of nitrogens with one attached hydrogen (secondary N) is 1. The number of ketones is 1. The molecule has 4 fully saturated rings. The normalized spacial score (nSPS) is 38.6. The average molecular weight is 894 g/mol. The van der Waals surface area contributed by atoms with Crippen LogP contribution in [0, 0.1) is 23.7 Å². The Labute approximate surface area is 370 Å². The van der Waals surface area contributed by atoms with Crippen molar-refractivity contribution in [3.8, 4) is 0 Å². The van der Waals surface area contributed by atoms with Gasteiger partial charge in [0.25, 0.3) is 0 Å². The summed E-state index contributed by atoms with van der Waals surface area (Å²) in [6.07, 6.45) is -7.64. The van der Waals surface area contributed by atoms with E-state index in [1.807, 2.05) is 32.9 Å². The zero-order valence-corrected chi connectivity index (χ0v) is 39.0. The van der Waals surface area contributed by atoms with Crippen LogP contribution in [0.15, 0.2) is 24.3 Å². The second-order valence-corrected chi connectivity index (χ2v) is 19.0. The fourth-order valence-corrected chi connectivity index (χ4v) is 10.1. The number of ether oxygens (including phenoxy) is 7. The number of fused-ring (bicyclic) bond motifs is 1. The first-order valence-corrected chi connectivity index (χ1v) is 22.4. The second kappa shape index (κ2) is 20.1. The molecule has 17 heteroatoms. The molecule has 348 valence electrons. The highest BCUT2D eigenvalue weighted by molar-refractivity contribution is 6.30. The van der Waals surface area contributed by atoms with Crippen molar-refractivity contribution in [2.75, 3.05) is 20.3 Å². The third-order valence-electron chi connectivity index (χ3n) is 13.3. The molecule has 0 aromatic heterocycles. The number of hydrogen-bond acceptors (Lipinski definition) is 14. The van der Waals surface area contributed by atoms with E-state index in [1.165, 1.54) is 7.11 Å². The third kappa shape index (κ3) is 10.4. The van der Waals surface area contributed by atoms with Crippen LogP contribution in [0.25, 0.3) is 0 Å². The molecule has 4 aliphatic rings. The number of halogens is 1. The molecule has 4 heterocycles. The molecule has 0 saturated carbocycles. The van der Waals surface area contributed by atoms with Gasteiger partial charge in [0.05, 0.1) is 35.8 Å². The number of benzene rings is 1. The van der Waals surface area contributed by atoms with Gasteiger partial charge in [0, 0.05) is 48.5 Å². The van der Waals surface area contributed by atoms with Crippen LogP contribution in [0.1, 0.15) is 101 Å². The summed E-state index contributed by atoms with van der Waals surface area (Å²) in [7, 11) is 1.47. The topological polar surface area (TPSA) is 189 Å². The molecule has 0 aliphatic carbocycles. The van der Waals surface area contributed by atoms with Gasteiger partial charge in [-0.1, -0.05) is 65.3 Å². The maximum absolute atomic E-state index is 14.9. The number of hydrogen-bond donors (Lipinski definition) is 2. The highest BCUT2D eigenvalue weighted by atomic mass is 35.5. The fourth-order valence-electron chi connectivity index (χ4n) is 10.0. The lowest BCUT2D eigenvalue weighted by Gasteiger charge is -2.48. The molecule has 5 rings (SSSR count). The van der Waals surface area contributed by atoms with E-state index >= 15 is 0 Å². The number of carbonyl (C=O) groups excluding carboxylic acids is 5. The Morgan fingerprint density at radius 2 is 1.68 bits per heavy atom. The molecule has 0 radical (unpaired) electrons. The molecule has 4 aliphatic heterocycles. The van der Waals surface area contributed by atoms with Crippen molar-refractivity contribution in [1.29, 1.82) is 0 Å². The maximum Gasteiger partial charge on any atom is 0.419 e. The molecule has 0 unspecified atom stereocenters. The minimum Gasteiger partial charge on any atom is -0.458 e. The van der Waals surface area contributed by atoms with Crippen molar-refractivity contribution in [1.82, 2.24) is 15.1 Å². The zero-order valence-electron chi connectivity index (χ0n) is 38.3. The lowest BCUT2D eigenvalue weighted by Crippen LogP contribution is -2.61. The minimum absolute atomic E-state index is 0.0324. The summed E-state index contributed by atoms with van der Waals surface area (Å²) in [5.74, 6) is -4.69. The number of aliphatic hydroxyl groups is 1. The van der Waals surface area contributed by atoms with Crippen molar-refractivity contribution in [3.63, 3.8) is 0 Å². The number of amides is 3. The summed E-state index contributed by atoms with van der Waals surface area (Å²) in [5.41, 5.74) is -1.95. The minimum atomic E-state index is -1.49. The summed E-state index contributed by atoms with van der Waals surface area (Å²) in [4.78, 5) is 72.7. The first-order chi connectivity index (χ1) is 29.1. The van der Waals surface area contributed by atoms with Crippen molar-refractivity contribution in [3.05, 3.63) is 34.9 Å². The molecule has 1 aromatic carbocycles. The molecule has 0 bridgehead atoms. The van der Waals surface area contributed by atoms with Crippen LogP contribution < -0.4 is 5.32 Å². The Hall–Kier alpha value is -3.54. The average Bonchev–Trinajstić information content (AvgIpc) is 3.69. The Morgan fingerprint density at radius 1 is 1.02 bits per heavy atom. The first-order valence-electron chi connectivity index (χ1n) is 22.0. The monoisotopic (exact) mass is 893 g/mol. The van der Waals surface area contributed by atoms with E-state index in [9.17, 15) is 29.1 Å². The molecule has 16 nitrogen and oxygen atoms in total. The molecule has 62 heavy (non-hydrogen) atoms. The van der Waals surface area contributed by atoms with Gasteiger partial charge in [-0.25, -0.2) is 19.3 Å². The van der Waals surface area contributed by atoms with Gasteiger partial charge < -0.3 is 43.6 Å². The van der Waals surface area contributed by atoms with Gasteiger partial charge in [-0.3, -0.25) is 14.5 Å². The largest absolute Gasteiger partial charge is 0.458 e. The zero-order chi connectivity index (χ0) is 46.0. The smallest absolute Gasteiger partial charge is 0.419 e. The van der Waals surface area contributed by atoms with Crippen LogP contribution in [0.3, 0.4) is 0 Å².